The number of fused-ring (bicyclic) bond motifs is 5. The van der Waals surface area contributed by atoms with Crippen LogP contribution >= 0.6 is 11.3 Å². The molecular formula is C24H19N5OS. The Morgan fingerprint density at radius 1 is 1.03 bits per heavy atom. The molecule has 0 bridgehead atoms. The predicted molar refractivity (Wildman–Crippen MR) is 124 cm³/mol. The molecule has 0 saturated carbocycles. The summed E-state index contributed by atoms with van der Waals surface area (Å²) in [6.45, 7) is 0. The Hall–Kier alpha value is -3.58. The third kappa shape index (κ3) is 3.09. The lowest BCUT2D eigenvalue weighted by molar-refractivity contribution is 0.102. The van der Waals surface area contributed by atoms with E-state index >= 15 is 0 Å². The Kier molecular flexibility index (Phi) is 4.28. The number of anilines is 1. The smallest absolute Gasteiger partial charge is 0.257 e. The van der Waals surface area contributed by atoms with Gasteiger partial charge in [0, 0.05) is 33.5 Å². The van der Waals surface area contributed by atoms with Gasteiger partial charge in [-0.3, -0.25) is 15.2 Å². The SMILES string of the molecule is O=C(Nc1nccs1)c1ccc(-c2nc3ccc4[nH]ncc4c3c3c2CCCC3)cc1. The van der Waals surface area contributed by atoms with E-state index < -0.39 is 0 Å². The molecule has 7 heteroatoms. The van der Waals surface area contributed by atoms with Gasteiger partial charge >= 0.3 is 0 Å². The van der Waals surface area contributed by atoms with Crippen LogP contribution in [0, 0.1) is 0 Å². The fourth-order valence-electron chi connectivity index (χ4n) is 4.52. The summed E-state index contributed by atoms with van der Waals surface area (Å²) in [7, 11) is 0. The van der Waals surface area contributed by atoms with Gasteiger partial charge in [-0.15, -0.1) is 11.3 Å². The summed E-state index contributed by atoms with van der Waals surface area (Å²) in [6, 6.07) is 11.8. The zero-order valence-corrected chi connectivity index (χ0v) is 17.5. The van der Waals surface area contributed by atoms with Gasteiger partial charge in [0.2, 0.25) is 0 Å². The van der Waals surface area contributed by atoms with E-state index in [1.165, 1.54) is 40.7 Å². The third-order valence-corrected chi connectivity index (χ3v) is 6.65. The molecule has 1 aliphatic carbocycles. The minimum absolute atomic E-state index is 0.155. The van der Waals surface area contributed by atoms with Gasteiger partial charge in [0.1, 0.15) is 0 Å². The van der Waals surface area contributed by atoms with Crippen molar-refractivity contribution in [2.24, 2.45) is 0 Å². The molecule has 5 aromatic rings. The van der Waals surface area contributed by atoms with Crippen LogP contribution in [-0.2, 0) is 12.8 Å². The van der Waals surface area contributed by atoms with Crippen molar-refractivity contribution in [3.8, 4) is 11.3 Å². The molecule has 3 heterocycles. The number of carbonyl (C=O) groups excluding carboxylic acids is 1. The molecule has 0 atom stereocenters. The van der Waals surface area contributed by atoms with E-state index in [1.54, 1.807) is 6.20 Å². The fourth-order valence-corrected chi connectivity index (χ4v) is 5.04. The number of amides is 1. The van der Waals surface area contributed by atoms with Crippen molar-refractivity contribution >= 4 is 44.2 Å². The number of nitrogens with one attached hydrogen (secondary N) is 2. The number of carbonyl (C=O) groups is 1. The number of aromatic nitrogens is 4. The van der Waals surface area contributed by atoms with E-state index in [0.717, 1.165) is 40.5 Å². The number of hydrogen-bond donors (Lipinski definition) is 2. The summed E-state index contributed by atoms with van der Waals surface area (Å²) in [6.07, 6.45) is 8.02. The zero-order valence-electron chi connectivity index (χ0n) is 16.7. The molecular weight excluding hydrogens is 406 g/mol. The van der Waals surface area contributed by atoms with E-state index in [-0.39, 0.29) is 5.91 Å². The highest BCUT2D eigenvalue weighted by Crippen LogP contribution is 2.37. The lowest BCUT2D eigenvalue weighted by atomic mass is 9.85. The van der Waals surface area contributed by atoms with Crippen LogP contribution in [-0.4, -0.2) is 26.1 Å². The molecule has 6 rings (SSSR count). The standard InChI is InChI=1S/C24H19N5OS/c30-23(28-24-25-11-12-31-24)15-7-5-14(6-8-15)22-17-4-2-1-3-16(17)21-18-13-26-29-19(18)9-10-20(21)27-22/h5-13H,1-4H2,(H,26,29)(H,25,28,30). The van der Waals surface area contributed by atoms with E-state index in [4.69, 9.17) is 4.98 Å². The number of H-pyrrole nitrogens is 1. The zero-order chi connectivity index (χ0) is 20.8. The average Bonchev–Trinajstić information content (AvgIpc) is 3.50. The van der Waals surface area contributed by atoms with Gasteiger partial charge in [0.25, 0.3) is 5.91 Å². The first kappa shape index (κ1) is 18.2. The molecule has 31 heavy (non-hydrogen) atoms. The summed E-state index contributed by atoms with van der Waals surface area (Å²) in [5, 5.41) is 15.0. The lowest BCUT2D eigenvalue weighted by Crippen LogP contribution is -2.11. The first-order chi connectivity index (χ1) is 15.3. The van der Waals surface area contributed by atoms with Crippen molar-refractivity contribution in [1.82, 2.24) is 20.2 Å². The largest absolute Gasteiger partial charge is 0.298 e. The molecule has 0 unspecified atom stereocenters. The maximum absolute atomic E-state index is 12.5. The van der Waals surface area contributed by atoms with Crippen LogP contribution < -0.4 is 5.32 Å². The monoisotopic (exact) mass is 425 g/mol. The molecule has 0 fully saturated rings. The van der Waals surface area contributed by atoms with Crippen LogP contribution in [0.4, 0.5) is 5.13 Å². The average molecular weight is 426 g/mol. The Morgan fingerprint density at radius 3 is 2.68 bits per heavy atom. The molecule has 1 amide bonds. The lowest BCUT2D eigenvalue weighted by Gasteiger charge is -2.22. The van der Waals surface area contributed by atoms with Gasteiger partial charge in [-0.05, 0) is 61.1 Å². The van der Waals surface area contributed by atoms with Gasteiger partial charge in [-0.25, -0.2) is 9.97 Å². The normalized spacial score (nSPS) is 13.4. The fraction of sp³-hybridized carbons (Fsp3) is 0.167. The summed E-state index contributed by atoms with van der Waals surface area (Å²) < 4.78 is 0. The number of benzene rings is 2. The van der Waals surface area contributed by atoms with Gasteiger partial charge in [0.05, 0.1) is 22.9 Å². The highest BCUT2D eigenvalue weighted by molar-refractivity contribution is 7.13. The van der Waals surface area contributed by atoms with Crippen LogP contribution in [0.3, 0.4) is 0 Å². The van der Waals surface area contributed by atoms with Gasteiger partial charge in [0.15, 0.2) is 5.13 Å². The molecule has 0 aliphatic heterocycles. The van der Waals surface area contributed by atoms with Crippen LogP contribution in [0.1, 0.15) is 34.3 Å². The first-order valence-corrected chi connectivity index (χ1v) is 11.2. The Bertz CT molecular complexity index is 1420. The van der Waals surface area contributed by atoms with Crippen molar-refractivity contribution in [1.29, 1.82) is 0 Å². The first-order valence-electron chi connectivity index (χ1n) is 10.4. The Balaban J connectivity index is 1.44. The number of hydrogen-bond acceptors (Lipinski definition) is 5. The van der Waals surface area contributed by atoms with Crippen LogP contribution in [0.5, 0.6) is 0 Å². The maximum Gasteiger partial charge on any atom is 0.257 e. The van der Waals surface area contributed by atoms with Crippen LogP contribution in [0.15, 0.2) is 54.2 Å². The van der Waals surface area contributed by atoms with Gasteiger partial charge < -0.3 is 0 Å². The minimum Gasteiger partial charge on any atom is -0.298 e. The molecule has 2 N–H and O–H groups in total. The van der Waals surface area contributed by atoms with Crippen molar-refractivity contribution < 1.29 is 4.79 Å². The van der Waals surface area contributed by atoms with E-state index in [9.17, 15) is 4.79 Å². The number of aromatic amines is 1. The van der Waals surface area contributed by atoms with Crippen molar-refractivity contribution in [2.75, 3.05) is 5.32 Å². The Morgan fingerprint density at radius 2 is 1.87 bits per heavy atom. The van der Waals surface area contributed by atoms with Crippen molar-refractivity contribution in [3.63, 3.8) is 0 Å². The molecule has 3 aromatic heterocycles. The van der Waals surface area contributed by atoms with Crippen molar-refractivity contribution in [3.05, 3.63) is 70.9 Å². The summed E-state index contributed by atoms with van der Waals surface area (Å²) >= 11 is 1.40. The number of nitrogens with zero attached hydrogens (tertiary/aromatic N) is 3. The summed E-state index contributed by atoms with van der Waals surface area (Å²) in [5.41, 5.74) is 7.43. The number of aryl methyl sites for hydroxylation is 1. The quantitative estimate of drug-likeness (QED) is 0.407. The molecule has 0 radical (unpaired) electrons. The van der Waals surface area contributed by atoms with Crippen molar-refractivity contribution in [2.45, 2.75) is 25.7 Å². The van der Waals surface area contributed by atoms with Crippen LogP contribution in [0.2, 0.25) is 0 Å². The van der Waals surface area contributed by atoms with Gasteiger partial charge in [-0.2, -0.15) is 5.10 Å². The summed E-state index contributed by atoms with van der Waals surface area (Å²) in [5.74, 6) is -0.155. The molecule has 2 aromatic carbocycles. The number of rotatable bonds is 3. The number of thiazole rings is 1. The third-order valence-electron chi connectivity index (χ3n) is 5.96. The van der Waals surface area contributed by atoms with E-state index in [1.807, 2.05) is 41.9 Å². The second-order valence-electron chi connectivity index (χ2n) is 7.78. The maximum atomic E-state index is 12.5. The topological polar surface area (TPSA) is 83.6 Å². The Labute approximate surface area is 182 Å². The second-order valence-corrected chi connectivity index (χ2v) is 8.68. The highest BCUT2D eigenvalue weighted by Gasteiger charge is 2.21. The van der Waals surface area contributed by atoms with E-state index in [2.05, 4.69) is 26.6 Å². The van der Waals surface area contributed by atoms with E-state index in [0.29, 0.717) is 10.7 Å². The second kappa shape index (κ2) is 7.28. The predicted octanol–water partition coefficient (Wildman–Crippen LogP) is 5.37. The highest BCUT2D eigenvalue weighted by atomic mass is 32.1. The minimum atomic E-state index is -0.155. The molecule has 0 saturated heterocycles. The molecule has 6 nitrogen and oxygen atoms in total. The van der Waals surface area contributed by atoms with Crippen LogP contribution in [0.25, 0.3) is 33.1 Å². The summed E-state index contributed by atoms with van der Waals surface area (Å²) in [4.78, 5) is 21.7. The molecule has 0 spiro atoms. The molecule has 152 valence electrons. The van der Waals surface area contributed by atoms with Gasteiger partial charge in [-0.1, -0.05) is 12.1 Å². The molecule has 1 aliphatic rings. The number of pyridine rings is 1.